The van der Waals surface area contributed by atoms with Gasteiger partial charge in [0.05, 0.1) is 5.56 Å². The zero-order chi connectivity index (χ0) is 14.3. The second kappa shape index (κ2) is 4.34. The van der Waals surface area contributed by atoms with Crippen LogP contribution in [0.25, 0.3) is 0 Å². The van der Waals surface area contributed by atoms with E-state index in [-0.39, 0.29) is 17.1 Å². The molecule has 0 saturated carbocycles. The molecular formula is C12H10N4O4. The lowest BCUT2D eigenvalue weighted by Crippen LogP contribution is -2.29. The van der Waals surface area contributed by atoms with E-state index >= 15 is 0 Å². The number of carboxylic acid groups (broad SMARTS) is 1. The molecule has 3 N–H and O–H groups in total. The predicted octanol–water partition coefficient (Wildman–Crippen LogP) is 0.553. The van der Waals surface area contributed by atoms with Crippen molar-refractivity contribution in [3.63, 3.8) is 0 Å². The first-order chi connectivity index (χ1) is 9.58. The third kappa shape index (κ3) is 1.78. The molecule has 8 heteroatoms. The molecule has 0 saturated heterocycles. The van der Waals surface area contributed by atoms with E-state index in [1.165, 1.54) is 11.0 Å². The van der Waals surface area contributed by atoms with E-state index in [2.05, 4.69) is 14.9 Å². The van der Waals surface area contributed by atoms with Gasteiger partial charge >= 0.3 is 5.97 Å². The van der Waals surface area contributed by atoms with Gasteiger partial charge in [0, 0.05) is 12.2 Å². The summed E-state index contributed by atoms with van der Waals surface area (Å²) in [5, 5.41) is 15.8. The van der Waals surface area contributed by atoms with Crippen LogP contribution in [0.5, 0.6) is 0 Å². The van der Waals surface area contributed by atoms with Crippen LogP contribution in [-0.2, 0) is 6.42 Å². The topological polar surface area (TPSA) is 123 Å². The molecule has 3 rings (SSSR count). The van der Waals surface area contributed by atoms with E-state index in [0.29, 0.717) is 18.7 Å². The van der Waals surface area contributed by atoms with Crippen LogP contribution >= 0.6 is 0 Å². The Kier molecular flexibility index (Phi) is 2.63. The molecule has 0 bridgehead atoms. The van der Waals surface area contributed by atoms with Crippen molar-refractivity contribution in [1.82, 2.24) is 10.3 Å². The van der Waals surface area contributed by atoms with Gasteiger partial charge < -0.3 is 15.7 Å². The number of nitrogens with two attached hydrogens (primary N) is 1. The van der Waals surface area contributed by atoms with E-state index in [1.54, 1.807) is 12.1 Å². The monoisotopic (exact) mass is 274 g/mol. The molecule has 102 valence electrons. The number of benzene rings is 1. The molecular weight excluding hydrogens is 264 g/mol. The van der Waals surface area contributed by atoms with Crippen LogP contribution in [-0.4, -0.2) is 33.8 Å². The molecule has 1 amide bonds. The van der Waals surface area contributed by atoms with Crippen LogP contribution in [0.3, 0.4) is 0 Å². The van der Waals surface area contributed by atoms with Crippen LogP contribution in [0.4, 0.5) is 11.5 Å². The summed E-state index contributed by atoms with van der Waals surface area (Å²) in [7, 11) is 0. The van der Waals surface area contributed by atoms with E-state index < -0.39 is 11.9 Å². The average Bonchev–Trinajstić information content (AvgIpc) is 3.03. The zero-order valence-electron chi connectivity index (χ0n) is 10.2. The van der Waals surface area contributed by atoms with Gasteiger partial charge in [-0.15, -0.1) is 0 Å². The largest absolute Gasteiger partial charge is 0.478 e. The number of anilines is 2. The molecule has 1 aromatic carbocycles. The molecule has 0 aliphatic carbocycles. The number of hydrogen-bond donors (Lipinski definition) is 2. The van der Waals surface area contributed by atoms with Crippen molar-refractivity contribution in [3.8, 4) is 0 Å². The molecule has 1 aromatic heterocycles. The van der Waals surface area contributed by atoms with Gasteiger partial charge in [0.15, 0.2) is 0 Å². The van der Waals surface area contributed by atoms with Gasteiger partial charge in [-0.2, -0.15) is 0 Å². The van der Waals surface area contributed by atoms with E-state index in [4.69, 9.17) is 10.8 Å². The summed E-state index contributed by atoms with van der Waals surface area (Å²) >= 11 is 0. The number of nitrogen functional groups attached to an aromatic ring is 1. The number of carboxylic acids is 1. The molecule has 0 unspecified atom stereocenters. The van der Waals surface area contributed by atoms with Crippen molar-refractivity contribution < 1.29 is 19.3 Å². The third-order valence-corrected chi connectivity index (χ3v) is 3.18. The molecule has 0 spiro atoms. The Hall–Kier alpha value is -2.90. The maximum absolute atomic E-state index is 12.3. The minimum absolute atomic E-state index is 0.0415. The van der Waals surface area contributed by atoms with Crippen LogP contribution in [0.1, 0.15) is 26.4 Å². The number of hydrogen-bond acceptors (Lipinski definition) is 6. The highest BCUT2D eigenvalue weighted by molar-refractivity contribution is 6.08. The molecule has 20 heavy (non-hydrogen) atoms. The first-order valence-electron chi connectivity index (χ1n) is 5.84. The van der Waals surface area contributed by atoms with Gasteiger partial charge in [0.25, 0.3) is 5.91 Å². The standard InChI is InChI=1S/C12H10N4O4/c13-10-9(14-20-15-10)11(17)16-4-3-6-5-7(12(18)19)1-2-8(6)16/h1-2,5H,3-4H2,(H2,13,15)(H,18,19). The smallest absolute Gasteiger partial charge is 0.335 e. The minimum Gasteiger partial charge on any atom is -0.478 e. The maximum Gasteiger partial charge on any atom is 0.335 e. The lowest BCUT2D eigenvalue weighted by molar-refractivity contribution is 0.0696. The highest BCUT2D eigenvalue weighted by Gasteiger charge is 2.29. The Balaban J connectivity index is 1.96. The molecule has 0 fully saturated rings. The summed E-state index contributed by atoms with van der Waals surface area (Å²) in [6, 6.07) is 4.62. The number of aromatic nitrogens is 2. The van der Waals surface area contributed by atoms with Gasteiger partial charge in [-0.05, 0) is 40.5 Å². The number of rotatable bonds is 2. The van der Waals surface area contributed by atoms with Crippen LogP contribution in [0.2, 0.25) is 0 Å². The molecule has 8 nitrogen and oxygen atoms in total. The number of carbonyl (C=O) groups is 2. The van der Waals surface area contributed by atoms with Crippen molar-refractivity contribution in [2.45, 2.75) is 6.42 Å². The molecule has 1 aliphatic rings. The Morgan fingerprint density at radius 2 is 2.15 bits per heavy atom. The van der Waals surface area contributed by atoms with Crippen LogP contribution in [0, 0.1) is 0 Å². The van der Waals surface area contributed by atoms with E-state index in [0.717, 1.165) is 5.56 Å². The Morgan fingerprint density at radius 1 is 1.35 bits per heavy atom. The number of carbonyl (C=O) groups excluding carboxylic acids is 1. The Bertz CT molecular complexity index is 709. The van der Waals surface area contributed by atoms with Crippen molar-refractivity contribution in [2.75, 3.05) is 17.2 Å². The fourth-order valence-electron chi connectivity index (χ4n) is 2.22. The third-order valence-electron chi connectivity index (χ3n) is 3.18. The number of aromatic carboxylic acids is 1. The van der Waals surface area contributed by atoms with Crippen molar-refractivity contribution in [2.24, 2.45) is 0 Å². The van der Waals surface area contributed by atoms with Crippen molar-refractivity contribution in [1.29, 1.82) is 0 Å². The zero-order valence-corrected chi connectivity index (χ0v) is 10.2. The first kappa shape index (κ1) is 12.2. The summed E-state index contributed by atoms with van der Waals surface area (Å²) in [5.41, 5.74) is 7.11. The summed E-state index contributed by atoms with van der Waals surface area (Å²) in [5.74, 6) is -1.47. The van der Waals surface area contributed by atoms with Crippen LogP contribution in [0.15, 0.2) is 22.8 Å². The second-order valence-corrected chi connectivity index (χ2v) is 4.35. The normalized spacial score (nSPS) is 13.3. The number of nitrogens with zero attached hydrogens (tertiary/aromatic N) is 3. The molecule has 1 aliphatic heterocycles. The number of amides is 1. The summed E-state index contributed by atoms with van der Waals surface area (Å²) < 4.78 is 4.41. The lowest BCUT2D eigenvalue weighted by Gasteiger charge is -2.15. The summed E-state index contributed by atoms with van der Waals surface area (Å²) in [6.07, 6.45) is 0.577. The quantitative estimate of drug-likeness (QED) is 0.819. The van der Waals surface area contributed by atoms with Crippen molar-refractivity contribution in [3.05, 3.63) is 35.0 Å². The predicted molar refractivity (Wildman–Crippen MR) is 67.5 cm³/mol. The highest BCUT2D eigenvalue weighted by Crippen LogP contribution is 2.30. The lowest BCUT2D eigenvalue weighted by atomic mass is 10.1. The molecule has 0 atom stereocenters. The number of fused-ring (bicyclic) bond motifs is 1. The van der Waals surface area contributed by atoms with Gasteiger partial charge in [0.2, 0.25) is 11.5 Å². The van der Waals surface area contributed by atoms with Gasteiger partial charge in [0.1, 0.15) is 0 Å². The fourth-order valence-corrected chi connectivity index (χ4v) is 2.22. The summed E-state index contributed by atoms with van der Waals surface area (Å²) in [4.78, 5) is 24.7. The molecule has 0 radical (unpaired) electrons. The Labute approximate surface area is 112 Å². The van der Waals surface area contributed by atoms with Gasteiger partial charge in [-0.3, -0.25) is 4.79 Å². The van der Waals surface area contributed by atoms with E-state index in [9.17, 15) is 9.59 Å². The highest BCUT2D eigenvalue weighted by atomic mass is 16.6. The molecule has 2 aromatic rings. The fraction of sp³-hybridized carbons (Fsp3) is 0.167. The Morgan fingerprint density at radius 3 is 2.80 bits per heavy atom. The minimum atomic E-state index is -0.998. The van der Waals surface area contributed by atoms with E-state index in [1.807, 2.05) is 0 Å². The average molecular weight is 274 g/mol. The SMILES string of the molecule is Nc1nonc1C(=O)N1CCc2cc(C(=O)O)ccc21. The summed E-state index contributed by atoms with van der Waals surface area (Å²) in [6.45, 7) is 0.434. The van der Waals surface area contributed by atoms with Gasteiger partial charge in [-0.1, -0.05) is 0 Å². The van der Waals surface area contributed by atoms with Gasteiger partial charge in [-0.25, -0.2) is 9.42 Å². The first-order valence-corrected chi connectivity index (χ1v) is 5.84. The van der Waals surface area contributed by atoms with Crippen LogP contribution < -0.4 is 10.6 Å². The molecule has 2 heterocycles. The van der Waals surface area contributed by atoms with Crippen molar-refractivity contribution >= 4 is 23.4 Å². The maximum atomic E-state index is 12.3. The second-order valence-electron chi connectivity index (χ2n) is 4.35.